The minimum absolute atomic E-state index is 0.489. The lowest BCUT2D eigenvalue weighted by Crippen LogP contribution is -2.02. The topological polar surface area (TPSA) is 48.2 Å². The molecule has 0 fully saturated rings. The van der Waals surface area contributed by atoms with Crippen molar-refractivity contribution in [2.24, 2.45) is 10.7 Å². The lowest BCUT2D eigenvalue weighted by molar-refractivity contribution is 0.793. The van der Waals surface area contributed by atoms with Crippen molar-refractivity contribution in [3.63, 3.8) is 0 Å². The second-order valence-corrected chi connectivity index (χ2v) is 11.0. The first-order valence-corrected chi connectivity index (χ1v) is 14.9. The van der Waals surface area contributed by atoms with Crippen LogP contribution in [0, 0.1) is 0 Å². The van der Waals surface area contributed by atoms with Crippen LogP contribution in [0.4, 0.5) is 0 Å². The highest BCUT2D eigenvalue weighted by Crippen LogP contribution is 2.37. The van der Waals surface area contributed by atoms with Gasteiger partial charge in [-0.15, -0.1) is 0 Å². The van der Waals surface area contributed by atoms with E-state index in [0.717, 1.165) is 22.3 Å². The van der Waals surface area contributed by atoms with E-state index >= 15 is 0 Å². The lowest BCUT2D eigenvalue weighted by atomic mass is 10.0. The standard InChI is InChI=1S/C40H30N4/c41-24-23-36(28-11-3-1-4-12-28)42-27-43-37-17-9-7-15-32(37)34-25-29(19-21-38(34)43)30-20-22-40-35(26-30)33-16-8-10-18-39(33)44(40)31-13-5-2-6-14-31/h1-26H,27,41H2/b24-23-,42-36+. The monoisotopic (exact) mass is 566 g/mol. The number of aromatic nitrogens is 2. The quantitative estimate of drug-likeness (QED) is 0.200. The molecule has 4 nitrogen and oxygen atoms in total. The highest BCUT2D eigenvalue weighted by molar-refractivity contribution is 6.12. The summed E-state index contributed by atoms with van der Waals surface area (Å²) in [5.41, 5.74) is 16.0. The van der Waals surface area contributed by atoms with Gasteiger partial charge in [-0.3, -0.25) is 4.99 Å². The normalized spacial score (nSPS) is 12.3. The summed E-state index contributed by atoms with van der Waals surface area (Å²) in [4.78, 5) is 5.01. The van der Waals surface area contributed by atoms with Gasteiger partial charge >= 0.3 is 0 Å². The van der Waals surface area contributed by atoms with Gasteiger partial charge in [-0.1, -0.05) is 97.1 Å². The van der Waals surface area contributed by atoms with Crippen molar-refractivity contribution in [2.45, 2.75) is 6.67 Å². The smallest absolute Gasteiger partial charge is 0.115 e. The number of hydrogen-bond acceptors (Lipinski definition) is 2. The van der Waals surface area contributed by atoms with Gasteiger partial charge in [0.05, 0.1) is 27.8 Å². The van der Waals surface area contributed by atoms with Crippen LogP contribution in [0.1, 0.15) is 5.56 Å². The zero-order valence-corrected chi connectivity index (χ0v) is 24.1. The number of nitrogens with zero attached hydrogens (tertiary/aromatic N) is 3. The fourth-order valence-electron chi connectivity index (χ4n) is 6.48. The van der Waals surface area contributed by atoms with Gasteiger partial charge in [0.1, 0.15) is 6.67 Å². The SMILES string of the molecule is N/C=C\C(=N/Cn1c2ccccc2c2cc(-c3ccc4c(c3)c3ccccc3n4-c3ccccc3)ccc21)c1ccccc1. The zero-order chi connectivity index (χ0) is 29.5. The Morgan fingerprint density at radius 3 is 1.77 bits per heavy atom. The average molecular weight is 567 g/mol. The van der Waals surface area contributed by atoms with E-state index in [1.165, 1.54) is 49.4 Å². The molecule has 6 aromatic carbocycles. The number of fused-ring (bicyclic) bond motifs is 6. The lowest BCUT2D eigenvalue weighted by Gasteiger charge is -2.09. The third kappa shape index (κ3) is 4.27. The van der Waals surface area contributed by atoms with E-state index in [2.05, 4.69) is 137 Å². The summed E-state index contributed by atoms with van der Waals surface area (Å²) in [6.07, 6.45) is 3.42. The third-order valence-electron chi connectivity index (χ3n) is 8.50. The van der Waals surface area contributed by atoms with Crippen molar-refractivity contribution in [3.05, 3.63) is 163 Å². The van der Waals surface area contributed by atoms with E-state index in [4.69, 9.17) is 10.7 Å². The minimum Gasteiger partial charge on any atom is -0.405 e. The Morgan fingerprint density at radius 1 is 0.545 bits per heavy atom. The van der Waals surface area contributed by atoms with Gasteiger partial charge in [0.15, 0.2) is 0 Å². The molecular formula is C40H30N4. The van der Waals surface area contributed by atoms with Crippen LogP contribution in [-0.2, 0) is 6.67 Å². The molecule has 8 aromatic rings. The Morgan fingerprint density at radius 2 is 1.07 bits per heavy atom. The summed E-state index contributed by atoms with van der Waals surface area (Å²) >= 11 is 0. The minimum atomic E-state index is 0.489. The van der Waals surface area contributed by atoms with Crippen molar-refractivity contribution < 1.29 is 0 Å². The molecule has 0 amide bonds. The van der Waals surface area contributed by atoms with Crippen molar-refractivity contribution in [1.29, 1.82) is 0 Å². The molecule has 0 saturated carbocycles. The molecule has 2 N–H and O–H groups in total. The third-order valence-corrected chi connectivity index (χ3v) is 8.50. The van der Waals surface area contributed by atoms with Crippen molar-refractivity contribution in [2.75, 3.05) is 0 Å². The summed E-state index contributed by atoms with van der Waals surface area (Å²) in [6, 6.07) is 51.7. The first kappa shape index (κ1) is 25.8. The number of allylic oxidation sites excluding steroid dienone is 1. The van der Waals surface area contributed by atoms with Gasteiger partial charge < -0.3 is 14.9 Å². The maximum atomic E-state index is 5.80. The Bertz CT molecular complexity index is 2360. The highest BCUT2D eigenvalue weighted by Gasteiger charge is 2.15. The molecule has 2 aromatic heterocycles. The van der Waals surface area contributed by atoms with Gasteiger partial charge in [-0.05, 0) is 77.5 Å². The summed E-state index contributed by atoms with van der Waals surface area (Å²) in [5.74, 6) is 0. The van der Waals surface area contributed by atoms with Crippen LogP contribution in [0.5, 0.6) is 0 Å². The second-order valence-electron chi connectivity index (χ2n) is 11.0. The van der Waals surface area contributed by atoms with Gasteiger partial charge in [0.2, 0.25) is 0 Å². The summed E-state index contributed by atoms with van der Waals surface area (Å²) in [7, 11) is 0. The molecule has 0 spiro atoms. The molecule has 44 heavy (non-hydrogen) atoms. The average Bonchev–Trinajstić information content (AvgIpc) is 3.59. The number of benzene rings is 6. The number of para-hydroxylation sites is 3. The zero-order valence-electron chi connectivity index (χ0n) is 24.1. The summed E-state index contributed by atoms with van der Waals surface area (Å²) in [6.45, 7) is 0.489. The Kier molecular flexibility index (Phi) is 6.31. The van der Waals surface area contributed by atoms with E-state index in [1.807, 2.05) is 24.3 Å². The highest BCUT2D eigenvalue weighted by atomic mass is 15.1. The Hall–Kier alpha value is -5.87. The maximum absolute atomic E-state index is 5.80. The van der Waals surface area contributed by atoms with Crippen LogP contribution in [-0.4, -0.2) is 14.8 Å². The molecule has 0 unspecified atom stereocenters. The predicted octanol–water partition coefficient (Wildman–Crippen LogP) is 9.48. The number of nitrogens with two attached hydrogens (primary N) is 1. The van der Waals surface area contributed by atoms with Crippen LogP contribution in [0.25, 0.3) is 60.4 Å². The largest absolute Gasteiger partial charge is 0.405 e. The molecule has 4 heteroatoms. The van der Waals surface area contributed by atoms with E-state index in [0.29, 0.717) is 6.67 Å². The first-order valence-electron chi connectivity index (χ1n) is 14.9. The number of hydrogen-bond donors (Lipinski definition) is 1. The Balaban J connectivity index is 1.26. The summed E-state index contributed by atoms with van der Waals surface area (Å²) < 4.78 is 4.65. The fraction of sp³-hybridized carbons (Fsp3) is 0.0250. The maximum Gasteiger partial charge on any atom is 0.115 e. The molecule has 0 bridgehead atoms. The van der Waals surface area contributed by atoms with Gasteiger partial charge in [-0.25, -0.2) is 0 Å². The Labute approximate surface area is 255 Å². The van der Waals surface area contributed by atoms with Crippen LogP contribution in [0.3, 0.4) is 0 Å². The van der Waals surface area contributed by atoms with Crippen molar-refractivity contribution >= 4 is 49.3 Å². The molecule has 0 atom stereocenters. The van der Waals surface area contributed by atoms with E-state index in [1.54, 1.807) is 6.20 Å². The molecular weight excluding hydrogens is 536 g/mol. The van der Waals surface area contributed by atoms with Crippen LogP contribution in [0.15, 0.2) is 163 Å². The van der Waals surface area contributed by atoms with Crippen molar-refractivity contribution in [1.82, 2.24) is 9.13 Å². The number of aliphatic imine (C=N–C) groups is 1. The summed E-state index contributed by atoms with van der Waals surface area (Å²) in [5, 5.41) is 4.94. The van der Waals surface area contributed by atoms with E-state index in [9.17, 15) is 0 Å². The van der Waals surface area contributed by atoms with Gasteiger partial charge in [0, 0.05) is 27.2 Å². The molecule has 0 radical (unpaired) electrons. The molecule has 2 heterocycles. The van der Waals surface area contributed by atoms with Gasteiger partial charge in [-0.2, -0.15) is 0 Å². The number of rotatable bonds is 6. The fourth-order valence-corrected chi connectivity index (χ4v) is 6.48. The van der Waals surface area contributed by atoms with Crippen molar-refractivity contribution in [3.8, 4) is 16.8 Å². The molecule has 8 rings (SSSR count). The van der Waals surface area contributed by atoms with Gasteiger partial charge in [0.25, 0.3) is 0 Å². The second kappa shape index (κ2) is 10.8. The first-order chi connectivity index (χ1) is 21.8. The van der Waals surface area contributed by atoms with Crippen LogP contribution >= 0.6 is 0 Å². The molecule has 0 aliphatic heterocycles. The van der Waals surface area contributed by atoms with E-state index < -0.39 is 0 Å². The molecule has 210 valence electrons. The van der Waals surface area contributed by atoms with Crippen LogP contribution < -0.4 is 5.73 Å². The molecule has 0 saturated heterocycles. The van der Waals surface area contributed by atoms with Crippen LogP contribution in [0.2, 0.25) is 0 Å². The predicted molar refractivity (Wildman–Crippen MR) is 186 cm³/mol. The van der Waals surface area contributed by atoms with E-state index in [-0.39, 0.29) is 0 Å². The molecule has 0 aliphatic carbocycles. The molecule has 0 aliphatic rings.